The summed E-state index contributed by atoms with van der Waals surface area (Å²) < 4.78 is 0. The molecular weight excluding hydrogens is 210 g/mol. The van der Waals surface area contributed by atoms with Crippen LogP contribution < -0.4 is 0 Å². The molecule has 0 aromatic heterocycles. The molecule has 2 heteroatoms. The van der Waals surface area contributed by atoms with Crippen LogP contribution in [0.4, 0.5) is 0 Å². The van der Waals surface area contributed by atoms with Crippen LogP contribution in [0, 0.1) is 6.92 Å². The van der Waals surface area contributed by atoms with Gasteiger partial charge in [-0.2, -0.15) is 0 Å². The number of carbonyl (C=O) groups excluding carboxylic acids is 1. The number of hydrogen-bond donors (Lipinski definition) is 0. The zero-order chi connectivity index (χ0) is 12.3. The van der Waals surface area contributed by atoms with Gasteiger partial charge in [-0.05, 0) is 25.7 Å². The molecule has 0 unspecified atom stereocenters. The molecule has 0 spiro atoms. The lowest BCUT2D eigenvalue weighted by molar-refractivity contribution is -0.132. The number of hydrogen-bond acceptors (Lipinski definition) is 1. The summed E-state index contributed by atoms with van der Waals surface area (Å²) in [4.78, 5) is 13.9. The molecule has 0 bridgehead atoms. The molecule has 0 atom stereocenters. The Morgan fingerprint density at radius 1 is 0.882 bits per heavy atom. The van der Waals surface area contributed by atoms with Crippen molar-refractivity contribution in [3.8, 4) is 0 Å². The van der Waals surface area contributed by atoms with Gasteiger partial charge in [-0.1, -0.05) is 45.4 Å². The van der Waals surface area contributed by atoms with Crippen LogP contribution in [0.2, 0.25) is 0 Å². The van der Waals surface area contributed by atoms with Gasteiger partial charge < -0.3 is 4.90 Å². The fourth-order valence-corrected chi connectivity index (χ4v) is 2.46. The molecule has 1 aliphatic heterocycles. The molecule has 0 aromatic rings. The Morgan fingerprint density at radius 2 is 1.47 bits per heavy atom. The summed E-state index contributed by atoms with van der Waals surface area (Å²) in [7, 11) is 0. The number of amides is 1. The average Bonchev–Trinajstić information content (AvgIpc) is 2.38. The average molecular weight is 238 g/mol. The summed E-state index contributed by atoms with van der Waals surface area (Å²) in [6, 6.07) is 0. The summed E-state index contributed by atoms with van der Waals surface area (Å²) in [6.07, 6.45) is 13.0. The van der Waals surface area contributed by atoms with Crippen LogP contribution in [-0.2, 0) is 4.79 Å². The van der Waals surface area contributed by atoms with E-state index < -0.39 is 0 Å². The lowest BCUT2D eigenvalue weighted by Crippen LogP contribution is -2.35. The highest BCUT2D eigenvalue weighted by Crippen LogP contribution is 2.13. The van der Waals surface area contributed by atoms with E-state index in [0.29, 0.717) is 5.91 Å². The summed E-state index contributed by atoms with van der Waals surface area (Å²) in [5.74, 6) is 0.391. The third-order valence-electron chi connectivity index (χ3n) is 3.60. The maximum Gasteiger partial charge on any atom is 0.222 e. The molecule has 0 saturated carbocycles. The lowest BCUT2D eigenvalue weighted by atomic mass is 10.1. The lowest BCUT2D eigenvalue weighted by Gasteiger charge is -2.26. The molecule has 0 aromatic carbocycles. The van der Waals surface area contributed by atoms with Crippen LogP contribution in [0.5, 0.6) is 0 Å². The molecule has 1 aliphatic rings. The molecule has 1 fully saturated rings. The van der Waals surface area contributed by atoms with E-state index in [4.69, 9.17) is 0 Å². The normalized spacial score (nSPS) is 16.2. The van der Waals surface area contributed by atoms with Crippen LogP contribution in [0.25, 0.3) is 0 Å². The monoisotopic (exact) mass is 238 g/mol. The standard InChI is InChI=1S/C15H28NO/c1-2-3-4-5-6-7-9-12-15(17)16-13-10-8-11-14-16/h1-14H2. The quantitative estimate of drug-likeness (QED) is 0.586. The fraction of sp³-hybridized carbons (Fsp3) is 0.867. The highest BCUT2D eigenvalue weighted by molar-refractivity contribution is 5.76. The van der Waals surface area contributed by atoms with Gasteiger partial charge in [0.25, 0.3) is 0 Å². The van der Waals surface area contributed by atoms with Crippen LogP contribution in [0.3, 0.4) is 0 Å². The second-order valence-electron chi connectivity index (χ2n) is 5.17. The van der Waals surface area contributed by atoms with E-state index in [-0.39, 0.29) is 0 Å². The molecule has 17 heavy (non-hydrogen) atoms. The second-order valence-corrected chi connectivity index (χ2v) is 5.17. The Labute approximate surface area is 107 Å². The van der Waals surface area contributed by atoms with Crippen molar-refractivity contribution in [2.45, 2.75) is 70.6 Å². The smallest absolute Gasteiger partial charge is 0.222 e. The Morgan fingerprint density at radius 3 is 2.12 bits per heavy atom. The maximum absolute atomic E-state index is 11.9. The predicted octanol–water partition coefficient (Wildman–Crippen LogP) is 3.95. The third-order valence-corrected chi connectivity index (χ3v) is 3.60. The Balaban J connectivity index is 1.92. The zero-order valence-electron chi connectivity index (χ0n) is 11.3. The van der Waals surface area contributed by atoms with Gasteiger partial charge in [0.05, 0.1) is 0 Å². The SMILES string of the molecule is [CH2]CCCCCCCCC(=O)N1CCCCC1. The van der Waals surface area contributed by atoms with E-state index >= 15 is 0 Å². The fourth-order valence-electron chi connectivity index (χ4n) is 2.46. The van der Waals surface area contributed by atoms with Gasteiger partial charge in [0.2, 0.25) is 5.91 Å². The first-order valence-corrected chi connectivity index (χ1v) is 7.41. The molecule has 2 nitrogen and oxygen atoms in total. The van der Waals surface area contributed by atoms with Gasteiger partial charge in [0.1, 0.15) is 0 Å². The molecule has 1 radical (unpaired) electrons. The number of unbranched alkanes of at least 4 members (excludes halogenated alkanes) is 6. The van der Waals surface area contributed by atoms with Crippen molar-refractivity contribution >= 4 is 5.91 Å². The van der Waals surface area contributed by atoms with Gasteiger partial charge in [-0.3, -0.25) is 4.79 Å². The topological polar surface area (TPSA) is 20.3 Å². The number of carbonyl (C=O) groups is 1. The molecule has 0 N–H and O–H groups in total. The van der Waals surface area contributed by atoms with Crippen LogP contribution >= 0.6 is 0 Å². The van der Waals surface area contributed by atoms with Crippen LogP contribution in [0.1, 0.15) is 70.6 Å². The largest absolute Gasteiger partial charge is 0.343 e. The Bertz CT molecular complexity index is 197. The number of piperidine rings is 1. The van der Waals surface area contributed by atoms with Crippen molar-refractivity contribution in [3.05, 3.63) is 6.92 Å². The first-order valence-electron chi connectivity index (χ1n) is 7.41. The summed E-state index contributed by atoms with van der Waals surface area (Å²) in [5.41, 5.74) is 0. The Kier molecular flexibility index (Phi) is 8.12. The van der Waals surface area contributed by atoms with Crippen molar-refractivity contribution in [2.75, 3.05) is 13.1 Å². The van der Waals surface area contributed by atoms with Gasteiger partial charge in [-0.15, -0.1) is 0 Å². The van der Waals surface area contributed by atoms with E-state index in [2.05, 4.69) is 11.8 Å². The van der Waals surface area contributed by atoms with Gasteiger partial charge in [-0.25, -0.2) is 0 Å². The molecule has 1 amide bonds. The second kappa shape index (κ2) is 9.49. The molecule has 1 heterocycles. The van der Waals surface area contributed by atoms with Gasteiger partial charge in [0.15, 0.2) is 0 Å². The Hall–Kier alpha value is -0.530. The molecule has 99 valence electrons. The van der Waals surface area contributed by atoms with Crippen molar-refractivity contribution < 1.29 is 4.79 Å². The van der Waals surface area contributed by atoms with E-state index in [9.17, 15) is 4.79 Å². The summed E-state index contributed by atoms with van der Waals surface area (Å²) in [5, 5.41) is 0. The number of likely N-dealkylation sites (tertiary alicyclic amines) is 1. The van der Waals surface area contributed by atoms with E-state index in [0.717, 1.165) is 32.4 Å². The van der Waals surface area contributed by atoms with E-state index in [1.54, 1.807) is 0 Å². The summed E-state index contributed by atoms with van der Waals surface area (Å²) >= 11 is 0. The van der Waals surface area contributed by atoms with Crippen molar-refractivity contribution in [1.82, 2.24) is 4.90 Å². The highest BCUT2D eigenvalue weighted by atomic mass is 16.2. The molecular formula is C15H28NO. The van der Waals surface area contributed by atoms with Crippen molar-refractivity contribution in [3.63, 3.8) is 0 Å². The highest BCUT2D eigenvalue weighted by Gasteiger charge is 2.15. The zero-order valence-corrected chi connectivity index (χ0v) is 11.3. The van der Waals surface area contributed by atoms with E-state index in [1.807, 2.05) is 0 Å². The first-order chi connectivity index (χ1) is 8.34. The predicted molar refractivity (Wildman–Crippen MR) is 72.7 cm³/mol. The minimum Gasteiger partial charge on any atom is -0.343 e. The van der Waals surface area contributed by atoms with Crippen LogP contribution in [0.15, 0.2) is 0 Å². The van der Waals surface area contributed by atoms with Crippen LogP contribution in [-0.4, -0.2) is 23.9 Å². The van der Waals surface area contributed by atoms with Gasteiger partial charge >= 0.3 is 0 Å². The number of rotatable bonds is 8. The summed E-state index contributed by atoms with van der Waals surface area (Å²) in [6.45, 7) is 5.85. The van der Waals surface area contributed by atoms with Gasteiger partial charge in [0, 0.05) is 19.5 Å². The minimum atomic E-state index is 0.391. The maximum atomic E-state index is 11.9. The van der Waals surface area contributed by atoms with Crippen molar-refractivity contribution in [1.29, 1.82) is 0 Å². The third kappa shape index (κ3) is 6.70. The van der Waals surface area contributed by atoms with Crippen molar-refractivity contribution in [2.24, 2.45) is 0 Å². The molecule has 0 aliphatic carbocycles. The number of nitrogens with zero attached hydrogens (tertiary/aromatic N) is 1. The molecule has 1 saturated heterocycles. The molecule has 1 rings (SSSR count). The minimum absolute atomic E-state index is 0.391. The first kappa shape index (κ1) is 14.5. The van der Waals surface area contributed by atoms with E-state index in [1.165, 1.54) is 51.4 Å².